The van der Waals surface area contributed by atoms with Crippen LogP contribution < -0.4 is 0 Å². The van der Waals surface area contributed by atoms with Gasteiger partial charge >= 0.3 is 0 Å². The summed E-state index contributed by atoms with van der Waals surface area (Å²) in [5, 5.41) is 1.51. The number of Topliss-reactive ketones (excluding diaryl/α,β-unsaturated/α-hetero) is 4. The summed E-state index contributed by atoms with van der Waals surface area (Å²) in [6.07, 6.45) is 0. The lowest BCUT2D eigenvalue weighted by atomic mass is 9.60. The zero-order valence-corrected chi connectivity index (χ0v) is 14.6. The largest absolute Gasteiger partial charge is 0.298 e. The molecule has 0 bridgehead atoms. The Balaban J connectivity index is 2.71. The van der Waals surface area contributed by atoms with Crippen molar-refractivity contribution in [2.75, 3.05) is 0 Å². The molecule has 25 heavy (non-hydrogen) atoms. The summed E-state index contributed by atoms with van der Waals surface area (Å²) in [6.45, 7) is 5.26. The fourth-order valence-electron chi connectivity index (χ4n) is 4.10. The van der Waals surface area contributed by atoms with Crippen molar-refractivity contribution in [2.45, 2.75) is 33.1 Å². The molecule has 0 unspecified atom stereocenters. The van der Waals surface area contributed by atoms with Crippen LogP contribution in [-0.2, 0) is 24.6 Å². The third-order valence-corrected chi connectivity index (χ3v) is 4.96. The van der Waals surface area contributed by atoms with Gasteiger partial charge in [0, 0.05) is 11.1 Å². The second-order valence-corrected chi connectivity index (χ2v) is 6.43. The van der Waals surface area contributed by atoms with Crippen LogP contribution >= 0.6 is 0 Å². The van der Waals surface area contributed by atoms with Crippen LogP contribution in [0.4, 0.5) is 0 Å². The molecule has 4 nitrogen and oxygen atoms in total. The van der Waals surface area contributed by atoms with Crippen molar-refractivity contribution in [3.05, 3.63) is 53.1 Å². The summed E-state index contributed by atoms with van der Waals surface area (Å²) in [4.78, 5) is 50.6. The summed E-state index contributed by atoms with van der Waals surface area (Å²) in [5.41, 5.74) is -0.492. The van der Waals surface area contributed by atoms with E-state index in [2.05, 4.69) is 0 Å². The number of benzene rings is 2. The quantitative estimate of drug-likeness (QED) is 0.805. The number of allylic oxidation sites excluding steroid dienone is 2. The van der Waals surface area contributed by atoms with E-state index in [0.29, 0.717) is 16.5 Å². The molecule has 0 saturated heterocycles. The van der Waals surface area contributed by atoms with Gasteiger partial charge in [-0.05, 0) is 49.6 Å². The van der Waals surface area contributed by atoms with Gasteiger partial charge in [0.05, 0.1) is 0 Å². The fraction of sp³-hybridized carbons (Fsp3) is 0.238. The van der Waals surface area contributed by atoms with Gasteiger partial charge in [-0.2, -0.15) is 0 Å². The minimum atomic E-state index is -1.74. The molecule has 0 saturated carbocycles. The van der Waals surface area contributed by atoms with Crippen LogP contribution in [0.5, 0.6) is 0 Å². The highest BCUT2D eigenvalue weighted by Gasteiger charge is 2.52. The molecule has 2 aromatic rings. The minimum Gasteiger partial charge on any atom is -0.298 e. The molecule has 1 aliphatic rings. The van der Waals surface area contributed by atoms with Gasteiger partial charge in [-0.1, -0.05) is 36.4 Å². The van der Waals surface area contributed by atoms with Crippen LogP contribution in [0.1, 0.15) is 38.8 Å². The van der Waals surface area contributed by atoms with E-state index in [1.807, 2.05) is 12.1 Å². The lowest BCUT2D eigenvalue weighted by molar-refractivity contribution is -0.133. The molecule has 126 valence electrons. The van der Waals surface area contributed by atoms with Crippen LogP contribution in [0.3, 0.4) is 0 Å². The Labute approximate surface area is 145 Å². The Hall–Kier alpha value is -2.88. The zero-order chi connectivity index (χ0) is 18.5. The van der Waals surface area contributed by atoms with Gasteiger partial charge in [-0.15, -0.1) is 0 Å². The Morgan fingerprint density at radius 2 is 1.32 bits per heavy atom. The topological polar surface area (TPSA) is 68.3 Å². The first-order valence-electron chi connectivity index (χ1n) is 8.05. The minimum absolute atomic E-state index is 0.00815. The van der Waals surface area contributed by atoms with E-state index in [0.717, 1.165) is 5.39 Å². The summed E-state index contributed by atoms with van der Waals surface area (Å²) in [7, 11) is 0. The van der Waals surface area contributed by atoms with Gasteiger partial charge in [0.25, 0.3) is 0 Å². The average Bonchev–Trinajstić information content (AvgIpc) is 2.53. The lowest BCUT2D eigenvalue weighted by Crippen LogP contribution is -2.47. The Kier molecular flexibility index (Phi) is 3.79. The number of rotatable bonds is 4. The maximum Gasteiger partial charge on any atom is 0.160 e. The van der Waals surface area contributed by atoms with E-state index in [-0.39, 0.29) is 16.9 Å². The summed E-state index contributed by atoms with van der Waals surface area (Å²) in [6, 6.07) is 10.8. The van der Waals surface area contributed by atoms with Crippen LogP contribution in [0.25, 0.3) is 16.3 Å². The van der Waals surface area contributed by atoms with Crippen LogP contribution in [0, 0.1) is 0 Å². The second-order valence-electron chi connectivity index (χ2n) is 6.43. The van der Waals surface area contributed by atoms with Gasteiger partial charge < -0.3 is 0 Å². The first-order valence-corrected chi connectivity index (χ1v) is 8.05. The molecule has 4 heteroatoms. The molecule has 1 aliphatic carbocycles. The van der Waals surface area contributed by atoms with Gasteiger partial charge in [-0.25, -0.2) is 0 Å². The SMILES string of the molecule is CC(=O)C1=C(C(C)=O)C(C(C)=O)(C(C)=O)c2cccc3cccc1c23. The Morgan fingerprint density at radius 1 is 0.760 bits per heavy atom. The van der Waals surface area contributed by atoms with E-state index in [1.54, 1.807) is 24.3 Å². The smallest absolute Gasteiger partial charge is 0.160 e. The number of carbonyl (C=O) groups is 4. The van der Waals surface area contributed by atoms with E-state index in [4.69, 9.17) is 0 Å². The monoisotopic (exact) mass is 334 g/mol. The lowest BCUT2D eigenvalue weighted by Gasteiger charge is -2.37. The summed E-state index contributed by atoms with van der Waals surface area (Å²) in [5.74, 6) is -1.68. The van der Waals surface area contributed by atoms with Gasteiger partial charge in [0.15, 0.2) is 23.1 Å². The van der Waals surface area contributed by atoms with Crippen molar-refractivity contribution < 1.29 is 19.2 Å². The van der Waals surface area contributed by atoms with Crippen molar-refractivity contribution in [1.29, 1.82) is 0 Å². The predicted octanol–water partition coefficient (Wildman–Crippen LogP) is 3.20. The normalized spacial score (nSPS) is 15.2. The van der Waals surface area contributed by atoms with Crippen molar-refractivity contribution in [2.24, 2.45) is 0 Å². The van der Waals surface area contributed by atoms with E-state index in [9.17, 15) is 19.2 Å². The molecule has 0 amide bonds. The molecule has 0 aromatic heterocycles. The van der Waals surface area contributed by atoms with Crippen molar-refractivity contribution in [3.8, 4) is 0 Å². The number of ketones is 4. The number of hydrogen-bond donors (Lipinski definition) is 0. The molecular formula is C21H18O4. The molecule has 2 aromatic carbocycles. The zero-order valence-electron chi connectivity index (χ0n) is 14.6. The molecule has 0 radical (unpaired) electrons. The van der Waals surface area contributed by atoms with E-state index < -0.39 is 22.8 Å². The maximum absolute atomic E-state index is 12.8. The molecule has 0 heterocycles. The molecular weight excluding hydrogens is 316 g/mol. The van der Waals surface area contributed by atoms with Gasteiger partial charge in [0.2, 0.25) is 0 Å². The van der Waals surface area contributed by atoms with Crippen LogP contribution in [-0.4, -0.2) is 23.1 Å². The standard InChI is InChI=1S/C21H18O4/c1-11(22)18-16-9-5-7-15-8-6-10-17(19(15)16)21(13(3)24,14(4)25)20(18)12(2)23/h5-10H,1-4H3. The van der Waals surface area contributed by atoms with Crippen molar-refractivity contribution in [3.63, 3.8) is 0 Å². The second kappa shape index (κ2) is 5.59. The number of hydrogen-bond acceptors (Lipinski definition) is 4. The third kappa shape index (κ3) is 2.07. The molecule has 3 rings (SSSR count). The number of carbonyl (C=O) groups excluding carboxylic acids is 4. The Morgan fingerprint density at radius 3 is 1.80 bits per heavy atom. The summed E-state index contributed by atoms with van der Waals surface area (Å²) >= 11 is 0. The van der Waals surface area contributed by atoms with E-state index >= 15 is 0 Å². The first kappa shape index (κ1) is 17.0. The molecule has 0 spiro atoms. The molecule has 0 aliphatic heterocycles. The first-order chi connectivity index (χ1) is 11.7. The maximum atomic E-state index is 12.8. The van der Waals surface area contributed by atoms with Crippen molar-refractivity contribution in [1.82, 2.24) is 0 Å². The third-order valence-electron chi connectivity index (χ3n) is 4.96. The fourth-order valence-corrected chi connectivity index (χ4v) is 4.10. The van der Waals surface area contributed by atoms with Gasteiger partial charge in [-0.3, -0.25) is 19.2 Å². The summed E-state index contributed by atoms with van der Waals surface area (Å²) < 4.78 is 0. The molecule has 0 atom stereocenters. The highest BCUT2D eigenvalue weighted by molar-refractivity contribution is 6.36. The van der Waals surface area contributed by atoms with Crippen molar-refractivity contribution >= 4 is 39.5 Å². The molecule has 0 N–H and O–H groups in total. The Bertz CT molecular complexity index is 988. The van der Waals surface area contributed by atoms with Gasteiger partial charge in [0.1, 0.15) is 5.41 Å². The predicted molar refractivity (Wildman–Crippen MR) is 95.3 cm³/mol. The highest BCUT2D eigenvalue weighted by Crippen LogP contribution is 2.48. The average molecular weight is 334 g/mol. The van der Waals surface area contributed by atoms with Crippen LogP contribution in [0.15, 0.2) is 42.0 Å². The molecule has 0 fully saturated rings. The highest BCUT2D eigenvalue weighted by atomic mass is 16.2. The van der Waals surface area contributed by atoms with Crippen LogP contribution in [0.2, 0.25) is 0 Å². The van der Waals surface area contributed by atoms with E-state index in [1.165, 1.54) is 27.7 Å².